The van der Waals surface area contributed by atoms with Crippen LogP contribution in [0.1, 0.15) is 44.7 Å². The Morgan fingerprint density at radius 2 is 1.33 bits per heavy atom. The Kier molecular flexibility index (Phi) is 4.37. The van der Waals surface area contributed by atoms with Crippen LogP contribution in [0.3, 0.4) is 0 Å². The number of carbonyl (C=O) groups is 1. The fourth-order valence-electron chi connectivity index (χ4n) is 2.85. The summed E-state index contributed by atoms with van der Waals surface area (Å²) in [4.78, 5) is 11.6. The molecule has 0 spiro atoms. The van der Waals surface area contributed by atoms with Gasteiger partial charge in [-0.25, -0.2) is 0 Å². The first-order valence-electron chi connectivity index (χ1n) is 8.30. The highest BCUT2D eigenvalue weighted by atomic mass is 16.7. The van der Waals surface area contributed by atoms with Gasteiger partial charge < -0.3 is 14.1 Å². The van der Waals surface area contributed by atoms with Gasteiger partial charge in [-0.2, -0.15) is 0 Å². The molecule has 4 heteroatoms. The molecule has 1 aliphatic heterocycles. The van der Waals surface area contributed by atoms with E-state index in [0.29, 0.717) is 0 Å². The topological polar surface area (TPSA) is 35.5 Å². The number of carbonyl (C=O) groups excluding carboxylic acids is 1. The van der Waals surface area contributed by atoms with Gasteiger partial charge in [0, 0.05) is 0 Å². The van der Waals surface area contributed by atoms with E-state index in [1.165, 1.54) is 0 Å². The monoisotopic (exact) mass is 322 g/mol. The van der Waals surface area contributed by atoms with E-state index < -0.39 is 0 Å². The van der Waals surface area contributed by atoms with Crippen LogP contribution in [-0.2, 0) is 14.1 Å². The lowest BCUT2D eigenvalue weighted by Gasteiger charge is -2.32. The third-order valence-electron chi connectivity index (χ3n) is 5.12. The van der Waals surface area contributed by atoms with Crippen LogP contribution in [0.25, 0.3) is 0 Å². The molecule has 3 nitrogen and oxygen atoms in total. The quantitative estimate of drug-likeness (QED) is 0.640. The largest absolute Gasteiger partial charge is 0.494 e. The Balaban J connectivity index is 1.83. The summed E-state index contributed by atoms with van der Waals surface area (Å²) in [5, 5.41) is 0. The van der Waals surface area contributed by atoms with Crippen LogP contribution in [0.4, 0.5) is 0 Å². The number of hydrogen-bond donors (Lipinski definition) is 0. The molecule has 0 N–H and O–H groups in total. The van der Waals surface area contributed by atoms with Crippen LogP contribution in [-0.4, -0.2) is 24.6 Å². The van der Waals surface area contributed by atoms with Gasteiger partial charge in [-0.05, 0) is 44.3 Å². The van der Waals surface area contributed by atoms with Crippen molar-refractivity contribution in [1.82, 2.24) is 0 Å². The molecule has 1 saturated heterocycles. The SMILES string of the molecule is CC1(C)OB(c2ccc(C(C=O)c3ccccc3)cc2)OC1(C)C. The van der Waals surface area contributed by atoms with Crippen molar-refractivity contribution in [2.75, 3.05) is 0 Å². The van der Waals surface area contributed by atoms with Gasteiger partial charge in [-0.3, -0.25) is 0 Å². The van der Waals surface area contributed by atoms with E-state index in [0.717, 1.165) is 22.9 Å². The van der Waals surface area contributed by atoms with Crippen molar-refractivity contribution in [3.8, 4) is 0 Å². The average Bonchev–Trinajstić information content (AvgIpc) is 2.78. The highest BCUT2D eigenvalue weighted by molar-refractivity contribution is 6.62. The van der Waals surface area contributed by atoms with E-state index in [1.54, 1.807) is 0 Å². The normalized spacial score (nSPS) is 19.9. The summed E-state index contributed by atoms with van der Waals surface area (Å²) in [6, 6.07) is 17.7. The maximum absolute atomic E-state index is 11.6. The Morgan fingerprint density at radius 1 is 0.833 bits per heavy atom. The molecule has 1 atom stereocenters. The average molecular weight is 322 g/mol. The van der Waals surface area contributed by atoms with E-state index in [1.807, 2.05) is 82.3 Å². The first-order chi connectivity index (χ1) is 11.3. The molecule has 0 aromatic heterocycles. The van der Waals surface area contributed by atoms with Crippen molar-refractivity contribution >= 4 is 18.9 Å². The number of benzene rings is 2. The third kappa shape index (κ3) is 3.04. The van der Waals surface area contributed by atoms with Crippen LogP contribution >= 0.6 is 0 Å². The van der Waals surface area contributed by atoms with Gasteiger partial charge in [0.1, 0.15) is 6.29 Å². The highest BCUT2D eigenvalue weighted by Gasteiger charge is 2.51. The number of rotatable bonds is 4. The van der Waals surface area contributed by atoms with Crippen LogP contribution in [0.15, 0.2) is 54.6 Å². The van der Waals surface area contributed by atoms with E-state index in [2.05, 4.69) is 0 Å². The van der Waals surface area contributed by atoms with Crippen LogP contribution < -0.4 is 5.46 Å². The second kappa shape index (κ2) is 6.19. The zero-order chi connectivity index (χ0) is 17.4. The molecule has 2 aromatic rings. The Bertz CT molecular complexity index is 691. The van der Waals surface area contributed by atoms with Gasteiger partial charge >= 0.3 is 7.12 Å². The summed E-state index contributed by atoms with van der Waals surface area (Å²) < 4.78 is 12.1. The van der Waals surface area contributed by atoms with Gasteiger partial charge in [0.2, 0.25) is 0 Å². The lowest BCUT2D eigenvalue weighted by atomic mass is 9.78. The predicted octanol–water partition coefficient (Wildman–Crippen LogP) is 3.32. The highest BCUT2D eigenvalue weighted by Crippen LogP contribution is 2.36. The molecular weight excluding hydrogens is 299 g/mol. The van der Waals surface area contributed by atoms with Gasteiger partial charge in [0.05, 0.1) is 17.1 Å². The summed E-state index contributed by atoms with van der Waals surface area (Å²) in [6.07, 6.45) is 0.985. The van der Waals surface area contributed by atoms with E-state index >= 15 is 0 Å². The molecule has 0 bridgehead atoms. The van der Waals surface area contributed by atoms with Crippen molar-refractivity contribution in [3.63, 3.8) is 0 Å². The maximum Gasteiger partial charge on any atom is 0.494 e. The summed E-state index contributed by atoms with van der Waals surface area (Å²) >= 11 is 0. The molecule has 1 fully saturated rings. The third-order valence-corrected chi connectivity index (χ3v) is 5.12. The second-order valence-electron chi connectivity index (χ2n) is 7.28. The molecule has 24 heavy (non-hydrogen) atoms. The zero-order valence-electron chi connectivity index (χ0n) is 14.7. The standard InChI is InChI=1S/C20H23BO3/c1-19(2)20(3,4)24-21(23-19)17-12-10-16(11-13-17)18(14-22)15-8-6-5-7-9-15/h5-14,18H,1-4H3. The molecule has 2 aromatic carbocycles. The fourth-order valence-corrected chi connectivity index (χ4v) is 2.85. The fraction of sp³-hybridized carbons (Fsp3) is 0.350. The molecule has 1 heterocycles. The van der Waals surface area contributed by atoms with Gasteiger partial charge in [0.15, 0.2) is 0 Å². The van der Waals surface area contributed by atoms with Crippen LogP contribution in [0.2, 0.25) is 0 Å². The Hall–Kier alpha value is -1.91. The van der Waals surface area contributed by atoms with Gasteiger partial charge in [-0.1, -0.05) is 54.6 Å². The summed E-state index contributed by atoms with van der Waals surface area (Å²) in [6.45, 7) is 8.16. The van der Waals surface area contributed by atoms with E-state index in [9.17, 15) is 4.79 Å². The molecule has 0 amide bonds. The number of hydrogen-bond acceptors (Lipinski definition) is 3. The van der Waals surface area contributed by atoms with E-state index in [4.69, 9.17) is 9.31 Å². The Labute approximate surface area is 144 Å². The van der Waals surface area contributed by atoms with Gasteiger partial charge in [0.25, 0.3) is 0 Å². The van der Waals surface area contributed by atoms with Crippen molar-refractivity contribution in [3.05, 3.63) is 65.7 Å². The lowest BCUT2D eigenvalue weighted by molar-refractivity contribution is -0.108. The van der Waals surface area contributed by atoms with Crippen molar-refractivity contribution in [2.24, 2.45) is 0 Å². The lowest BCUT2D eigenvalue weighted by Crippen LogP contribution is -2.41. The molecule has 124 valence electrons. The van der Waals surface area contributed by atoms with Crippen molar-refractivity contribution in [2.45, 2.75) is 44.8 Å². The maximum atomic E-state index is 11.6. The minimum atomic E-state index is -0.379. The first kappa shape index (κ1) is 16.9. The summed E-state index contributed by atoms with van der Waals surface area (Å²) in [5.74, 6) is -0.251. The van der Waals surface area contributed by atoms with Crippen LogP contribution in [0, 0.1) is 0 Å². The smallest absolute Gasteiger partial charge is 0.399 e. The minimum absolute atomic E-state index is 0.251. The summed E-state index contributed by atoms with van der Waals surface area (Å²) in [7, 11) is -0.379. The molecule has 0 radical (unpaired) electrons. The second-order valence-corrected chi connectivity index (χ2v) is 7.28. The number of aldehydes is 1. The van der Waals surface area contributed by atoms with Crippen molar-refractivity contribution < 1.29 is 14.1 Å². The van der Waals surface area contributed by atoms with Crippen molar-refractivity contribution in [1.29, 1.82) is 0 Å². The zero-order valence-corrected chi connectivity index (χ0v) is 14.7. The van der Waals surface area contributed by atoms with Crippen LogP contribution in [0.5, 0.6) is 0 Å². The molecular formula is C20H23BO3. The molecule has 0 aliphatic carbocycles. The molecule has 0 saturated carbocycles. The first-order valence-corrected chi connectivity index (χ1v) is 8.30. The molecule has 3 rings (SSSR count). The van der Waals surface area contributed by atoms with Gasteiger partial charge in [-0.15, -0.1) is 0 Å². The Morgan fingerprint density at radius 3 is 1.83 bits per heavy atom. The minimum Gasteiger partial charge on any atom is -0.399 e. The predicted molar refractivity (Wildman–Crippen MR) is 96.5 cm³/mol. The molecule has 1 aliphatic rings. The summed E-state index contributed by atoms with van der Waals surface area (Å²) in [5.41, 5.74) is 2.22. The van der Waals surface area contributed by atoms with E-state index in [-0.39, 0.29) is 24.2 Å². The molecule has 1 unspecified atom stereocenters.